The third-order valence-corrected chi connectivity index (χ3v) is 6.01. The molecule has 0 bridgehead atoms. The van der Waals surface area contributed by atoms with Crippen LogP contribution in [0.5, 0.6) is 11.5 Å². The molecule has 0 aliphatic rings. The highest BCUT2D eigenvalue weighted by Gasteiger charge is 2.17. The van der Waals surface area contributed by atoms with Crippen molar-refractivity contribution in [1.82, 2.24) is 15.1 Å². The zero-order chi connectivity index (χ0) is 23.4. The summed E-state index contributed by atoms with van der Waals surface area (Å²) < 4.78 is 43.1. The molecule has 0 saturated carbocycles. The number of sulfonamides is 1. The van der Waals surface area contributed by atoms with Crippen molar-refractivity contribution in [2.75, 3.05) is 24.3 Å². The Morgan fingerprint density at radius 1 is 0.939 bits per heavy atom. The van der Waals surface area contributed by atoms with Gasteiger partial charge in [-0.05, 0) is 49.4 Å². The third kappa shape index (κ3) is 5.04. The first-order valence-electron chi connectivity index (χ1n) is 9.75. The Labute approximate surface area is 190 Å². The molecule has 2 aromatic carbocycles. The van der Waals surface area contributed by atoms with E-state index in [4.69, 9.17) is 14.0 Å². The number of nitrogens with one attached hydrogen (secondary N) is 2. The van der Waals surface area contributed by atoms with Gasteiger partial charge in [-0.25, -0.2) is 23.1 Å². The number of ether oxygens (including phenoxy) is 2. The summed E-state index contributed by atoms with van der Waals surface area (Å²) in [6.45, 7) is 1.70. The van der Waals surface area contributed by atoms with E-state index < -0.39 is 10.0 Å². The van der Waals surface area contributed by atoms with Crippen LogP contribution in [0.1, 0.15) is 5.69 Å². The van der Waals surface area contributed by atoms with Gasteiger partial charge in [0, 0.05) is 23.4 Å². The van der Waals surface area contributed by atoms with Crippen molar-refractivity contribution in [1.29, 1.82) is 0 Å². The lowest BCUT2D eigenvalue weighted by molar-refractivity contribution is 0.404. The predicted molar refractivity (Wildman–Crippen MR) is 122 cm³/mol. The number of anilines is 3. The highest BCUT2D eigenvalue weighted by molar-refractivity contribution is 7.92. The minimum Gasteiger partial charge on any atom is -0.497 e. The summed E-state index contributed by atoms with van der Waals surface area (Å²) >= 11 is 0. The first-order valence-corrected chi connectivity index (χ1v) is 11.2. The third-order valence-electron chi connectivity index (χ3n) is 4.65. The van der Waals surface area contributed by atoms with E-state index in [0.717, 1.165) is 5.56 Å². The largest absolute Gasteiger partial charge is 0.497 e. The summed E-state index contributed by atoms with van der Waals surface area (Å²) in [5.74, 6) is 1.89. The van der Waals surface area contributed by atoms with Crippen molar-refractivity contribution in [2.45, 2.75) is 11.8 Å². The van der Waals surface area contributed by atoms with E-state index in [2.05, 4.69) is 25.2 Å². The number of benzene rings is 2. The Bertz CT molecular complexity index is 1370. The van der Waals surface area contributed by atoms with Crippen LogP contribution in [0.25, 0.3) is 11.3 Å². The van der Waals surface area contributed by atoms with Crippen molar-refractivity contribution in [2.24, 2.45) is 0 Å². The van der Waals surface area contributed by atoms with Crippen LogP contribution >= 0.6 is 0 Å². The standard InChI is InChI=1S/C22H21N5O5S/c1-14-10-22(32-26-14)27-33(28,29)17-7-4-15(5-8-17)25-21-12-19(23-13-24-21)18-11-16(30-2)6-9-20(18)31-3/h4-13,27H,1-3H3,(H,23,24,25). The Morgan fingerprint density at radius 2 is 1.73 bits per heavy atom. The van der Waals surface area contributed by atoms with Crippen LogP contribution in [0, 0.1) is 6.92 Å². The van der Waals surface area contributed by atoms with E-state index in [1.165, 1.54) is 24.5 Å². The number of methoxy groups -OCH3 is 2. The number of aryl methyl sites for hydroxylation is 1. The van der Waals surface area contributed by atoms with E-state index in [-0.39, 0.29) is 10.8 Å². The zero-order valence-electron chi connectivity index (χ0n) is 18.1. The second-order valence-corrected chi connectivity index (χ2v) is 8.62. The molecule has 4 rings (SSSR count). The Morgan fingerprint density at radius 3 is 2.39 bits per heavy atom. The van der Waals surface area contributed by atoms with Gasteiger partial charge >= 0.3 is 0 Å². The van der Waals surface area contributed by atoms with E-state index in [1.54, 1.807) is 51.5 Å². The van der Waals surface area contributed by atoms with Gasteiger partial charge in [0.15, 0.2) is 0 Å². The molecule has 0 atom stereocenters. The molecular weight excluding hydrogens is 446 g/mol. The Balaban J connectivity index is 1.53. The molecule has 0 amide bonds. The van der Waals surface area contributed by atoms with Crippen LogP contribution in [0.15, 0.2) is 70.3 Å². The van der Waals surface area contributed by atoms with Gasteiger partial charge in [0.1, 0.15) is 23.6 Å². The first-order chi connectivity index (χ1) is 15.9. The molecule has 10 nitrogen and oxygen atoms in total. The van der Waals surface area contributed by atoms with Gasteiger partial charge in [0.2, 0.25) is 5.88 Å². The normalized spacial score (nSPS) is 11.1. The highest BCUT2D eigenvalue weighted by Crippen LogP contribution is 2.33. The number of nitrogens with zero attached hydrogens (tertiary/aromatic N) is 3. The molecule has 170 valence electrons. The minimum atomic E-state index is -3.81. The topological polar surface area (TPSA) is 128 Å². The van der Waals surface area contributed by atoms with Crippen LogP contribution in [0.3, 0.4) is 0 Å². The van der Waals surface area contributed by atoms with Gasteiger partial charge in [0.05, 0.1) is 30.5 Å². The van der Waals surface area contributed by atoms with Crippen molar-refractivity contribution in [3.05, 3.63) is 66.6 Å². The molecule has 2 N–H and O–H groups in total. The molecule has 0 fully saturated rings. The second-order valence-electron chi connectivity index (χ2n) is 6.94. The highest BCUT2D eigenvalue weighted by atomic mass is 32.2. The summed E-state index contributed by atoms with van der Waals surface area (Å²) in [5.41, 5.74) is 2.60. The maximum absolute atomic E-state index is 12.5. The molecule has 0 aliphatic carbocycles. The van der Waals surface area contributed by atoms with E-state index in [0.29, 0.717) is 34.4 Å². The van der Waals surface area contributed by atoms with Gasteiger partial charge in [-0.1, -0.05) is 5.16 Å². The van der Waals surface area contributed by atoms with Crippen LogP contribution in [-0.2, 0) is 10.0 Å². The zero-order valence-corrected chi connectivity index (χ0v) is 18.9. The van der Waals surface area contributed by atoms with Crippen molar-refractivity contribution in [3.63, 3.8) is 0 Å². The van der Waals surface area contributed by atoms with Gasteiger partial charge < -0.3 is 19.3 Å². The van der Waals surface area contributed by atoms with Crippen molar-refractivity contribution < 1.29 is 22.4 Å². The monoisotopic (exact) mass is 467 g/mol. The SMILES string of the molecule is COc1ccc(OC)c(-c2cc(Nc3ccc(S(=O)(=O)Nc4cc(C)no4)cc3)ncn2)c1. The number of hydrogen-bond acceptors (Lipinski definition) is 9. The van der Waals surface area contributed by atoms with Crippen molar-refractivity contribution in [3.8, 4) is 22.8 Å². The molecule has 0 saturated heterocycles. The molecule has 2 heterocycles. The molecule has 33 heavy (non-hydrogen) atoms. The van der Waals surface area contributed by atoms with Gasteiger partial charge in [-0.3, -0.25) is 0 Å². The van der Waals surface area contributed by atoms with Gasteiger partial charge in [-0.15, -0.1) is 0 Å². The fourth-order valence-corrected chi connectivity index (χ4v) is 4.03. The summed E-state index contributed by atoms with van der Waals surface area (Å²) in [6.07, 6.45) is 1.43. The first kappa shape index (κ1) is 22.1. The van der Waals surface area contributed by atoms with Crippen LogP contribution < -0.4 is 19.5 Å². The molecule has 0 radical (unpaired) electrons. The minimum absolute atomic E-state index is 0.0520. The Hall–Kier alpha value is -4.12. The summed E-state index contributed by atoms with van der Waals surface area (Å²) in [7, 11) is -0.639. The maximum Gasteiger partial charge on any atom is 0.264 e. The van der Waals surface area contributed by atoms with E-state index >= 15 is 0 Å². The maximum atomic E-state index is 12.5. The van der Waals surface area contributed by atoms with Gasteiger partial charge in [-0.2, -0.15) is 0 Å². The van der Waals surface area contributed by atoms with Crippen molar-refractivity contribution >= 4 is 27.4 Å². The quantitative estimate of drug-likeness (QED) is 0.395. The molecule has 4 aromatic rings. The van der Waals surface area contributed by atoms with Crippen LogP contribution in [-0.4, -0.2) is 37.8 Å². The number of aromatic nitrogens is 3. The Kier molecular flexibility index (Phi) is 6.13. The molecule has 2 aromatic heterocycles. The smallest absolute Gasteiger partial charge is 0.264 e. The molecule has 0 unspecified atom stereocenters. The molecule has 0 aliphatic heterocycles. The van der Waals surface area contributed by atoms with E-state index in [1.807, 2.05) is 6.07 Å². The van der Waals surface area contributed by atoms with Crippen LogP contribution in [0.4, 0.5) is 17.4 Å². The molecule has 11 heteroatoms. The summed E-state index contributed by atoms with van der Waals surface area (Å²) in [6, 6.07) is 14.9. The fourth-order valence-electron chi connectivity index (χ4n) is 3.06. The fraction of sp³-hybridized carbons (Fsp3) is 0.136. The average molecular weight is 468 g/mol. The van der Waals surface area contributed by atoms with E-state index in [9.17, 15) is 8.42 Å². The molecular formula is C22H21N5O5S. The second kappa shape index (κ2) is 9.17. The van der Waals surface area contributed by atoms with Gasteiger partial charge in [0.25, 0.3) is 10.0 Å². The average Bonchev–Trinajstić information content (AvgIpc) is 3.22. The summed E-state index contributed by atoms with van der Waals surface area (Å²) in [5, 5.41) is 6.81. The lowest BCUT2D eigenvalue weighted by Crippen LogP contribution is -2.12. The molecule has 0 spiro atoms. The summed E-state index contributed by atoms with van der Waals surface area (Å²) in [4.78, 5) is 8.65. The lowest BCUT2D eigenvalue weighted by Gasteiger charge is -2.12. The van der Waals surface area contributed by atoms with Crippen LogP contribution in [0.2, 0.25) is 0 Å². The number of hydrogen-bond donors (Lipinski definition) is 2. The lowest BCUT2D eigenvalue weighted by atomic mass is 10.1. The number of rotatable bonds is 8. The predicted octanol–water partition coefficient (Wildman–Crippen LogP) is 4.00.